The Kier molecular flexibility index (Phi) is 6.12. The van der Waals surface area contributed by atoms with Gasteiger partial charge in [-0.05, 0) is 43.7 Å². The number of fused-ring (bicyclic) bond motifs is 2. The maximum absolute atomic E-state index is 14.5. The van der Waals surface area contributed by atoms with E-state index in [-0.39, 0.29) is 29.2 Å². The second-order valence-electron chi connectivity index (χ2n) is 9.06. The second kappa shape index (κ2) is 9.04. The number of esters is 1. The molecule has 0 bridgehead atoms. The van der Waals surface area contributed by atoms with Gasteiger partial charge in [0.05, 0.1) is 28.5 Å². The monoisotopic (exact) mass is 536 g/mol. The maximum atomic E-state index is 14.5. The number of halogens is 1. The zero-order valence-electron chi connectivity index (χ0n) is 20.6. The third kappa shape index (κ3) is 3.74. The molecule has 2 heterocycles. The van der Waals surface area contributed by atoms with Crippen molar-refractivity contribution in [1.82, 2.24) is 4.31 Å². The van der Waals surface area contributed by atoms with Crippen molar-refractivity contribution in [1.29, 1.82) is 0 Å². The summed E-state index contributed by atoms with van der Waals surface area (Å²) in [5, 5.41) is 0.406. The number of carbonyl (C=O) groups is 2. The molecular formula is C28H25ClN2O5S. The molecule has 1 amide bonds. The Hall–Kier alpha value is -3.62. The minimum Gasteiger partial charge on any atom is -0.463 e. The van der Waals surface area contributed by atoms with Crippen LogP contribution in [0, 0.1) is 6.92 Å². The first-order valence-corrected chi connectivity index (χ1v) is 13.6. The Labute approximate surface area is 221 Å². The van der Waals surface area contributed by atoms with Crippen LogP contribution in [0.15, 0.2) is 83.3 Å². The Morgan fingerprint density at radius 1 is 1.05 bits per heavy atom. The van der Waals surface area contributed by atoms with Crippen LogP contribution in [0.4, 0.5) is 5.69 Å². The Balaban J connectivity index is 1.87. The average molecular weight is 537 g/mol. The third-order valence-electron chi connectivity index (χ3n) is 6.82. The summed E-state index contributed by atoms with van der Waals surface area (Å²) < 4.78 is 35.5. The molecule has 0 saturated carbocycles. The van der Waals surface area contributed by atoms with Crippen molar-refractivity contribution in [3.8, 4) is 0 Å². The van der Waals surface area contributed by atoms with Gasteiger partial charge in [-0.15, -0.1) is 0 Å². The van der Waals surface area contributed by atoms with E-state index in [0.717, 1.165) is 9.87 Å². The van der Waals surface area contributed by atoms with Crippen LogP contribution in [0.5, 0.6) is 0 Å². The number of carbonyl (C=O) groups excluding carboxylic acids is 2. The standard InChI is InChI=1S/C28H25ClN2O5S/c1-4-36-26(32)22-17-28(23-15-12-20(29)16-24(23)30(3)27(28)33)31(25(22)19-8-6-5-7-9-19)37(34,35)21-13-10-18(2)11-14-21/h5-16H,4,17H2,1-3H3. The van der Waals surface area contributed by atoms with Gasteiger partial charge in [-0.3, -0.25) is 4.79 Å². The van der Waals surface area contributed by atoms with E-state index in [0.29, 0.717) is 21.8 Å². The predicted molar refractivity (Wildman–Crippen MR) is 141 cm³/mol. The van der Waals surface area contributed by atoms with Gasteiger partial charge in [0, 0.05) is 24.1 Å². The molecule has 0 fully saturated rings. The van der Waals surface area contributed by atoms with Gasteiger partial charge in [0.1, 0.15) is 0 Å². The number of sulfonamides is 1. The van der Waals surface area contributed by atoms with Crippen molar-refractivity contribution < 1.29 is 22.7 Å². The molecule has 0 N–H and O–H groups in total. The number of benzene rings is 3. The first-order valence-electron chi connectivity index (χ1n) is 11.8. The third-order valence-corrected chi connectivity index (χ3v) is 8.90. The van der Waals surface area contributed by atoms with Crippen molar-refractivity contribution >= 4 is 44.9 Å². The van der Waals surface area contributed by atoms with Gasteiger partial charge in [0.25, 0.3) is 15.9 Å². The number of rotatable bonds is 5. The number of ether oxygens (including phenoxy) is 1. The molecule has 0 aromatic heterocycles. The fraction of sp³-hybridized carbons (Fsp3) is 0.214. The normalized spacial score (nSPS) is 19.1. The van der Waals surface area contributed by atoms with Crippen LogP contribution >= 0.6 is 11.6 Å². The smallest absolute Gasteiger partial charge is 0.336 e. The molecule has 9 heteroatoms. The van der Waals surface area contributed by atoms with Crippen LogP contribution in [0.1, 0.15) is 30.0 Å². The van der Waals surface area contributed by atoms with E-state index in [1.165, 1.54) is 17.0 Å². The second-order valence-corrected chi connectivity index (χ2v) is 11.3. The molecule has 3 aromatic carbocycles. The molecule has 5 rings (SSSR count). The first kappa shape index (κ1) is 25.0. The number of hydrogen-bond donors (Lipinski definition) is 0. The van der Waals surface area contributed by atoms with Crippen LogP contribution in [0.2, 0.25) is 5.02 Å². The molecule has 37 heavy (non-hydrogen) atoms. The Morgan fingerprint density at radius 3 is 2.38 bits per heavy atom. The lowest BCUT2D eigenvalue weighted by Crippen LogP contribution is -2.51. The van der Waals surface area contributed by atoms with Crippen molar-refractivity contribution in [2.45, 2.75) is 30.7 Å². The number of aryl methyl sites for hydroxylation is 1. The summed E-state index contributed by atoms with van der Waals surface area (Å²) in [4.78, 5) is 28.9. The molecule has 2 aliphatic rings. The van der Waals surface area contributed by atoms with Crippen LogP contribution < -0.4 is 4.90 Å². The molecule has 1 unspecified atom stereocenters. The zero-order chi connectivity index (χ0) is 26.5. The molecule has 1 atom stereocenters. The van der Waals surface area contributed by atoms with E-state index in [4.69, 9.17) is 16.3 Å². The van der Waals surface area contributed by atoms with Gasteiger partial charge in [0.15, 0.2) is 5.54 Å². The zero-order valence-corrected chi connectivity index (χ0v) is 22.1. The summed E-state index contributed by atoms with van der Waals surface area (Å²) in [7, 11) is -2.77. The molecule has 1 spiro atoms. The minimum atomic E-state index is -4.35. The highest BCUT2D eigenvalue weighted by Gasteiger charge is 2.63. The molecule has 7 nitrogen and oxygen atoms in total. The fourth-order valence-corrected chi connectivity index (χ4v) is 7.11. The summed E-state index contributed by atoms with van der Waals surface area (Å²) >= 11 is 6.26. The maximum Gasteiger partial charge on any atom is 0.336 e. The van der Waals surface area contributed by atoms with E-state index < -0.39 is 27.4 Å². The van der Waals surface area contributed by atoms with Crippen LogP contribution in [-0.4, -0.2) is 38.3 Å². The van der Waals surface area contributed by atoms with E-state index in [1.807, 2.05) is 6.92 Å². The summed E-state index contributed by atoms with van der Waals surface area (Å²) in [5.41, 5.74) is 0.823. The highest BCUT2D eigenvalue weighted by molar-refractivity contribution is 7.89. The van der Waals surface area contributed by atoms with Crippen molar-refractivity contribution in [2.75, 3.05) is 18.6 Å². The van der Waals surface area contributed by atoms with Gasteiger partial charge in [-0.1, -0.05) is 65.7 Å². The van der Waals surface area contributed by atoms with Gasteiger partial charge >= 0.3 is 5.97 Å². The lowest BCUT2D eigenvalue weighted by Gasteiger charge is -2.36. The lowest BCUT2D eigenvalue weighted by atomic mass is 9.87. The summed E-state index contributed by atoms with van der Waals surface area (Å²) in [6.45, 7) is 3.64. The van der Waals surface area contributed by atoms with Crippen molar-refractivity contribution in [2.24, 2.45) is 0 Å². The highest BCUT2D eigenvalue weighted by Crippen LogP contribution is 2.57. The van der Waals surface area contributed by atoms with Crippen LogP contribution in [0.25, 0.3) is 5.70 Å². The quantitative estimate of drug-likeness (QED) is 0.434. The number of likely N-dealkylation sites (N-methyl/N-ethyl adjacent to an activating group) is 1. The largest absolute Gasteiger partial charge is 0.463 e. The van der Waals surface area contributed by atoms with E-state index in [1.54, 1.807) is 74.6 Å². The number of anilines is 1. The number of hydrogen-bond acceptors (Lipinski definition) is 5. The Morgan fingerprint density at radius 2 is 1.73 bits per heavy atom. The molecule has 0 saturated heterocycles. The summed E-state index contributed by atoms with van der Waals surface area (Å²) in [6, 6.07) is 20.1. The van der Waals surface area contributed by atoms with Gasteiger partial charge < -0.3 is 9.64 Å². The number of nitrogens with zero attached hydrogens (tertiary/aromatic N) is 2. The highest BCUT2D eigenvalue weighted by atomic mass is 35.5. The fourth-order valence-electron chi connectivity index (χ4n) is 5.14. The lowest BCUT2D eigenvalue weighted by molar-refractivity contribution is -0.138. The minimum absolute atomic E-state index is 0.00822. The van der Waals surface area contributed by atoms with E-state index in [9.17, 15) is 18.0 Å². The van der Waals surface area contributed by atoms with E-state index >= 15 is 0 Å². The van der Waals surface area contributed by atoms with Crippen molar-refractivity contribution in [3.63, 3.8) is 0 Å². The molecule has 0 radical (unpaired) electrons. The van der Waals surface area contributed by atoms with Gasteiger partial charge in [-0.2, -0.15) is 0 Å². The SMILES string of the molecule is CCOC(=O)C1=C(c2ccccc2)N(S(=O)(=O)c2ccc(C)cc2)C2(C1)C(=O)N(C)c1cc(Cl)ccc12. The Bertz CT molecular complexity index is 1550. The van der Waals surface area contributed by atoms with Gasteiger partial charge in [-0.25, -0.2) is 17.5 Å². The first-order chi connectivity index (χ1) is 17.6. The van der Waals surface area contributed by atoms with Gasteiger partial charge in [0.2, 0.25) is 0 Å². The van der Waals surface area contributed by atoms with Crippen LogP contribution in [0.3, 0.4) is 0 Å². The van der Waals surface area contributed by atoms with Crippen LogP contribution in [-0.2, 0) is 29.9 Å². The summed E-state index contributed by atoms with van der Waals surface area (Å²) in [6.07, 6.45) is -0.182. The molecular weight excluding hydrogens is 512 g/mol. The average Bonchev–Trinajstić information content (AvgIpc) is 3.35. The van der Waals surface area contributed by atoms with Crippen molar-refractivity contribution in [3.05, 3.63) is 100 Å². The molecule has 190 valence electrons. The molecule has 3 aromatic rings. The summed E-state index contributed by atoms with van der Waals surface area (Å²) in [5.74, 6) is -1.15. The molecule has 0 aliphatic carbocycles. The predicted octanol–water partition coefficient (Wildman–Crippen LogP) is 4.89. The number of amides is 1. The molecule has 2 aliphatic heterocycles. The van der Waals surface area contributed by atoms with E-state index in [2.05, 4.69) is 0 Å². The topological polar surface area (TPSA) is 84.0 Å².